The molecule has 4 nitrogen and oxygen atoms in total. The number of carbonyl (C=O) groups is 1. The maximum atomic E-state index is 12.2. The van der Waals surface area contributed by atoms with Crippen LogP contribution < -0.4 is 5.32 Å². The number of ether oxygens (including phenoxy) is 1. The lowest BCUT2D eigenvalue weighted by Gasteiger charge is -2.41. The molecule has 0 saturated heterocycles. The van der Waals surface area contributed by atoms with Crippen LogP contribution in [0.25, 0.3) is 0 Å². The van der Waals surface area contributed by atoms with Gasteiger partial charge in [0.1, 0.15) is 0 Å². The molecule has 2 aliphatic rings. The highest BCUT2D eigenvalue weighted by molar-refractivity contribution is 5.79. The van der Waals surface area contributed by atoms with E-state index in [-0.39, 0.29) is 18.4 Å². The third-order valence-electron chi connectivity index (χ3n) is 4.40. The van der Waals surface area contributed by atoms with Crippen LogP contribution in [0.4, 0.5) is 0 Å². The van der Waals surface area contributed by atoms with Crippen LogP contribution in [0.15, 0.2) is 0 Å². The Balaban J connectivity index is 1.69. The largest absolute Gasteiger partial charge is 0.394 e. The molecule has 0 unspecified atom stereocenters. The lowest BCUT2D eigenvalue weighted by atomic mass is 9.64. The van der Waals surface area contributed by atoms with E-state index in [1.807, 2.05) is 0 Å². The van der Waals surface area contributed by atoms with Crippen molar-refractivity contribution in [3.05, 3.63) is 0 Å². The molecule has 4 heteroatoms. The number of amides is 1. The maximum Gasteiger partial charge on any atom is 0.223 e. The van der Waals surface area contributed by atoms with Gasteiger partial charge in [-0.05, 0) is 37.5 Å². The van der Waals surface area contributed by atoms with E-state index in [1.165, 1.54) is 38.5 Å². The van der Waals surface area contributed by atoms with Crippen LogP contribution in [0.1, 0.15) is 38.5 Å². The van der Waals surface area contributed by atoms with Gasteiger partial charge in [0, 0.05) is 12.5 Å². The Kier molecular flexibility index (Phi) is 5.45. The predicted molar refractivity (Wildman–Crippen MR) is 69.1 cm³/mol. The van der Waals surface area contributed by atoms with Crippen molar-refractivity contribution in [3.8, 4) is 0 Å². The first kappa shape index (κ1) is 13.8. The van der Waals surface area contributed by atoms with Crippen molar-refractivity contribution in [1.82, 2.24) is 5.32 Å². The van der Waals surface area contributed by atoms with E-state index in [2.05, 4.69) is 5.32 Å². The first-order chi connectivity index (χ1) is 8.83. The molecular weight excluding hydrogens is 230 g/mol. The normalized spacial score (nSPS) is 20.6. The van der Waals surface area contributed by atoms with Crippen LogP contribution in [0.5, 0.6) is 0 Å². The van der Waals surface area contributed by atoms with E-state index in [9.17, 15) is 4.79 Å². The fourth-order valence-corrected chi connectivity index (χ4v) is 2.94. The average molecular weight is 255 g/mol. The second-order valence-electron chi connectivity index (χ2n) is 5.53. The fourth-order valence-electron chi connectivity index (χ4n) is 2.94. The average Bonchev–Trinajstić information content (AvgIpc) is 2.23. The van der Waals surface area contributed by atoms with E-state index >= 15 is 0 Å². The van der Waals surface area contributed by atoms with Crippen molar-refractivity contribution in [2.24, 2.45) is 17.8 Å². The van der Waals surface area contributed by atoms with Gasteiger partial charge in [-0.1, -0.05) is 12.8 Å². The number of rotatable bonds is 8. The van der Waals surface area contributed by atoms with Crippen LogP contribution in [-0.4, -0.2) is 37.4 Å². The summed E-state index contributed by atoms with van der Waals surface area (Å²) in [6.07, 6.45) is 7.51. The molecule has 0 bridgehead atoms. The summed E-state index contributed by atoms with van der Waals surface area (Å²) >= 11 is 0. The highest BCUT2D eigenvalue weighted by Gasteiger charge is 2.40. The molecule has 0 heterocycles. The van der Waals surface area contributed by atoms with Crippen molar-refractivity contribution in [2.45, 2.75) is 38.5 Å². The van der Waals surface area contributed by atoms with Crippen LogP contribution in [0, 0.1) is 17.8 Å². The van der Waals surface area contributed by atoms with Gasteiger partial charge in [-0.15, -0.1) is 0 Å². The molecular formula is C14H25NO3. The zero-order valence-corrected chi connectivity index (χ0v) is 11.1. The quantitative estimate of drug-likeness (QED) is 0.643. The van der Waals surface area contributed by atoms with Crippen LogP contribution >= 0.6 is 0 Å². The van der Waals surface area contributed by atoms with Gasteiger partial charge < -0.3 is 15.2 Å². The minimum atomic E-state index is 0.0424. The standard InChI is InChI=1S/C14H25NO3/c16-8-10-18-9-7-15-14(17)13(11-3-1-4-11)12-5-2-6-12/h11-13,16H,1-10H2,(H,15,17). The predicted octanol–water partition coefficient (Wildman–Crippen LogP) is 1.33. The number of hydrogen-bond donors (Lipinski definition) is 2. The van der Waals surface area contributed by atoms with Crippen molar-refractivity contribution in [2.75, 3.05) is 26.4 Å². The third-order valence-corrected chi connectivity index (χ3v) is 4.40. The summed E-state index contributed by atoms with van der Waals surface area (Å²) in [5.74, 6) is 1.75. The molecule has 0 atom stereocenters. The first-order valence-corrected chi connectivity index (χ1v) is 7.29. The highest BCUT2D eigenvalue weighted by Crippen LogP contribution is 2.44. The molecule has 0 spiro atoms. The maximum absolute atomic E-state index is 12.2. The van der Waals surface area contributed by atoms with E-state index in [4.69, 9.17) is 9.84 Å². The van der Waals surface area contributed by atoms with Crippen molar-refractivity contribution < 1.29 is 14.6 Å². The molecule has 2 N–H and O–H groups in total. The molecule has 18 heavy (non-hydrogen) atoms. The van der Waals surface area contributed by atoms with Crippen molar-refractivity contribution >= 4 is 5.91 Å². The summed E-state index contributed by atoms with van der Waals surface area (Å²) in [7, 11) is 0. The Morgan fingerprint density at radius 1 is 1.17 bits per heavy atom. The lowest BCUT2D eigenvalue weighted by Crippen LogP contribution is -2.44. The zero-order chi connectivity index (χ0) is 12.8. The van der Waals surface area contributed by atoms with Crippen molar-refractivity contribution in [3.63, 3.8) is 0 Å². The monoisotopic (exact) mass is 255 g/mol. The van der Waals surface area contributed by atoms with Gasteiger partial charge in [0.2, 0.25) is 5.91 Å². The zero-order valence-electron chi connectivity index (χ0n) is 11.1. The van der Waals surface area contributed by atoms with Crippen molar-refractivity contribution in [1.29, 1.82) is 0 Å². The molecule has 0 aromatic carbocycles. The topological polar surface area (TPSA) is 58.6 Å². The number of aliphatic hydroxyl groups excluding tert-OH is 1. The molecule has 1 amide bonds. The summed E-state index contributed by atoms with van der Waals surface area (Å²) in [6.45, 7) is 1.45. The van der Waals surface area contributed by atoms with E-state index in [0.717, 1.165) is 0 Å². The van der Waals surface area contributed by atoms with Gasteiger partial charge in [0.25, 0.3) is 0 Å². The first-order valence-electron chi connectivity index (χ1n) is 7.29. The smallest absolute Gasteiger partial charge is 0.223 e. The van der Waals surface area contributed by atoms with Crippen LogP contribution in [0.3, 0.4) is 0 Å². The molecule has 0 radical (unpaired) electrons. The summed E-state index contributed by atoms with van der Waals surface area (Å²) in [5, 5.41) is 11.6. The third kappa shape index (κ3) is 3.45. The molecule has 2 saturated carbocycles. The fraction of sp³-hybridized carbons (Fsp3) is 0.929. The second-order valence-corrected chi connectivity index (χ2v) is 5.53. The Morgan fingerprint density at radius 3 is 2.22 bits per heavy atom. The van der Waals surface area contributed by atoms with Crippen LogP contribution in [0.2, 0.25) is 0 Å². The van der Waals surface area contributed by atoms with Gasteiger partial charge >= 0.3 is 0 Å². The number of aliphatic hydroxyl groups is 1. The molecule has 0 aromatic heterocycles. The SMILES string of the molecule is O=C(NCCOCCO)C(C1CCC1)C1CCC1. The Morgan fingerprint density at radius 2 is 1.78 bits per heavy atom. The van der Waals surface area contributed by atoms with Gasteiger partial charge in [0.15, 0.2) is 0 Å². The molecule has 0 aromatic rings. The molecule has 0 aliphatic heterocycles. The Bertz CT molecular complexity index is 248. The summed E-state index contributed by atoms with van der Waals surface area (Å²) in [5.41, 5.74) is 0. The molecule has 2 rings (SSSR count). The number of hydrogen-bond acceptors (Lipinski definition) is 3. The van der Waals surface area contributed by atoms with E-state index < -0.39 is 0 Å². The summed E-state index contributed by atoms with van der Waals surface area (Å²) < 4.78 is 5.15. The molecule has 104 valence electrons. The number of carbonyl (C=O) groups excluding carboxylic acids is 1. The summed E-state index contributed by atoms with van der Waals surface area (Å²) in [4.78, 5) is 12.2. The van der Waals surface area contributed by atoms with Gasteiger partial charge in [0.05, 0.1) is 19.8 Å². The minimum absolute atomic E-state index is 0.0424. The van der Waals surface area contributed by atoms with E-state index in [0.29, 0.717) is 31.6 Å². The Hall–Kier alpha value is -0.610. The van der Waals surface area contributed by atoms with Gasteiger partial charge in [-0.2, -0.15) is 0 Å². The minimum Gasteiger partial charge on any atom is -0.394 e. The van der Waals surface area contributed by atoms with Gasteiger partial charge in [-0.25, -0.2) is 0 Å². The lowest BCUT2D eigenvalue weighted by molar-refractivity contribution is -0.132. The Labute approximate surface area is 109 Å². The molecule has 2 aliphatic carbocycles. The summed E-state index contributed by atoms with van der Waals surface area (Å²) in [6, 6.07) is 0. The van der Waals surface area contributed by atoms with Gasteiger partial charge in [-0.3, -0.25) is 4.79 Å². The second kappa shape index (κ2) is 7.10. The van der Waals surface area contributed by atoms with Crippen LogP contribution in [-0.2, 0) is 9.53 Å². The van der Waals surface area contributed by atoms with E-state index in [1.54, 1.807) is 0 Å². The number of nitrogens with one attached hydrogen (secondary N) is 1. The molecule has 2 fully saturated rings. The highest BCUT2D eigenvalue weighted by atomic mass is 16.5.